The van der Waals surface area contributed by atoms with Crippen LogP contribution in [0.3, 0.4) is 0 Å². The lowest BCUT2D eigenvalue weighted by atomic mass is 9.80. The third-order valence-electron chi connectivity index (χ3n) is 3.25. The fourth-order valence-corrected chi connectivity index (χ4v) is 2.33. The summed E-state index contributed by atoms with van der Waals surface area (Å²) in [6, 6.07) is 4.03. The number of anilines is 1. The number of nitrogens with one attached hydrogen (secondary N) is 1. The van der Waals surface area contributed by atoms with Gasteiger partial charge in [0.2, 0.25) is 5.91 Å². The highest BCUT2D eigenvalue weighted by Crippen LogP contribution is 2.30. The van der Waals surface area contributed by atoms with Crippen LogP contribution in [0.25, 0.3) is 0 Å². The van der Waals surface area contributed by atoms with Gasteiger partial charge in [-0.05, 0) is 19.8 Å². The van der Waals surface area contributed by atoms with Crippen LogP contribution < -0.4 is 5.32 Å². The molecule has 0 aliphatic heterocycles. The monoisotopic (exact) mass is 262 g/mol. The Balaban J connectivity index is 2.95. The van der Waals surface area contributed by atoms with Crippen LogP contribution in [0.4, 0.5) is 5.82 Å². The molecule has 0 saturated heterocycles. The molecule has 1 aromatic heterocycles. The van der Waals surface area contributed by atoms with E-state index in [-0.39, 0.29) is 5.91 Å². The van der Waals surface area contributed by atoms with Gasteiger partial charge in [-0.1, -0.05) is 26.7 Å². The Hall–Kier alpha value is -1.83. The number of aryl methyl sites for hydroxylation is 2. The minimum absolute atomic E-state index is 0.221. The number of nitrogens with zero attached hydrogens (tertiary/aromatic N) is 3. The Morgan fingerprint density at radius 1 is 1.47 bits per heavy atom. The number of carbonyl (C=O) groups is 1. The first kappa shape index (κ1) is 15.2. The molecule has 1 heterocycles. The average Bonchev–Trinajstić information content (AvgIpc) is 2.67. The molecule has 0 aliphatic rings. The molecule has 0 unspecified atom stereocenters. The third-order valence-corrected chi connectivity index (χ3v) is 3.25. The predicted octanol–water partition coefficient (Wildman–Crippen LogP) is 2.78. The number of aromatic nitrogens is 2. The second-order valence-corrected chi connectivity index (χ2v) is 4.94. The van der Waals surface area contributed by atoms with Gasteiger partial charge in [0.05, 0.1) is 11.8 Å². The second-order valence-electron chi connectivity index (χ2n) is 4.94. The molecule has 5 nitrogen and oxygen atoms in total. The summed E-state index contributed by atoms with van der Waals surface area (Å²) in [6.45, 7) is 5.85. The number of rotatable bonds is 6. The summed E-state index contributed by atoms with van der Waals surface area (Å²) in [7, 11) is 1.77. The topological polar surface area (TPSA) is 70.7 Å². The number of hydrogen-bond acceptors (Lipinski definition) is 3. The highest BCUT2D eigenvalue weighted by Gasteiger charge is 2.37. The molecule has 1 aromatic rings. The van der Waals surface area contributed by atoms with Gasteiger partial charge in [0, 0.05) is 13.1 Å². The van der Waals surface area contributed by atoms with Crippen molar-refractivity contribution in [2.24, 2.45) is 12.5 Å². The lowest BCUT2D eigenvalue weighted by Gasteiger charge is -2.24. The Morgan fingerprint density at radius 3 is 2.42 bits per heavy atom. The number of carbonyl (C=O) groups excluding carboxylic acids is 1. The summed E-state index contributed by atoms with van der Waals surface area (Å²) in [5.41, 5.74) is -0.0897. The van der Waals surface area contributed by atoms with E-state index in [9.17, 15) is 10.1 Å². The van der Waals surface area contributed by atoms with E-state index in [4.69, 9.17) is 0 Å². The summed E-state index contributed by atoms with van der Waals surface area (Å²) in [5.74, 6) is 0.413. The summed E-state index contributed by atoms with van der Waals surface area (Å²) >= 11 is 0. The molecule has 0 saturated carbocycles. The number of amides is 1. The second kappa shape index (κ2) is 6.37. The smallest absolute Gasteiger partial charge is 0.245 e. The van der Waals surface area contributed by atoms with Crippen molar-refractivity contribution in [2.75, 3.05) is 5.32 Å². The molecule has 104 valence electrons. The molecule has 1 amide bonds. The van der Waals surface area contributed by atoms with E-state index in [0.717, 1.165) is 18.5 Å². The molecule has 0 aromatic carbocycles. The van der Waals surface area contributed by atoms with Crippen LogP contribution in [-0.4, -0.2) is 15.7 Å². The fraction of sp³-hybridized carbons (Fsp3) is 0.643. The zero-order valence-corrected chi connectivity index (χ0v) is 12.2. The van der Waals surface area contributed by atoms with Gasteiger partial charge in [0.1, 0.15) is 11.2 Å². The third kappa shape index (κ3) is 3.34. The van der Waals surface area contributed by atoms with Gasteiger partial charge in [0.25, 0.3) is 0 Å². The van der Waals surface area contributed by atoms with Gasteiger partial charge < -0.3 is 5.32 Å². The summed E-state index contributed by atoms with van der Waals surface area (Å²) in [4.78, 5) is 12.4. The van der Waals surface area contributed by atoms with Crippen molar-refractivity contribution in [2.45, 2.75) is 46.5 Å². The van der Waals surface area contributed by atoms with E-state index in [0.29, 0.717) is 18.7 Å². The molecule has 0 spiro atoms. The molecule has 5 heteroatoms. The molecule has 19 heavy (non-hydrogen) atoms. The van der Waals surface area contributed by atoms with Crippen molar-refractivity contribution >= 4 is 11.7 Å². The first-order valence-electron chi connectivity index (χ1n) is 6.72. The van der Waals surface area contributed by atoms with Gasteiger partial charge in [0.15, 0.2) is 0 Å². The quantitative estimate of drug-likeness (QED) is 0.857. The summed E-state index contributed by atoms with van der Waals surface area (Å²) < 4.78 is 1.62. The molecular weight excluding hydrogens is 240 g/mol. The Morgan fingerprint density at radius 2 is 2.05 bits per heavy atom. The standard InChI is InChI=1S/C14H22N4O/c1-5-7-14(10-15,8-6-2)13(19)16-12-9-11(3)17-18(12)4/h9H,5-8H2,1-4H3,(H,16,19). The van der Waals surface area contributed by atoms with Crippen LogP contribution in [0, 0.1) is 23.7 Å². The summed E-state index contributed by atoms with van der Waals surface area (Å²) in [6.07, 6.45) is 2.79. The van der Waals surface area contributed by atoms with Crippen LogP contribution >= 0.6 is 0 Å². The molecule has 0 atom stereocenters. The Kier molecular flexibility index (Phi) is 5.11. The summed E-state index contributed by atoms with van der Waals surface area (Å²) in [5, 5.41) is 16.4. The SMILES string of the molecule is CCCC(C#N)(CCC)C(=O)Nc1cc(C)nn1C. The van der Waals surface area contributed by atoms with Crippen LogP contribution in [-0.2, 0) is 11.8 Å². The first-order valence-corrected chi connectivity index (χ1v) is 6.72. The lowest BCUT2D eigenvalue weighted by Crippen LogP contribution is -2.35. The van der Waals surface area contributed by atoms with E-state index in [2.05, 4.69) is 16.5 Å². The van der Waals surface area contributed by atoms with Gasteiger partial charge in [-0.2, -0.15) is 10.4 Å². The van der Waals surface area contributed by atoms with Gasteiger partial charge in [-0.3, -0.25) is 9.48 Å². The maximum atomic E-state index is 12.4. The van der Waals surface area contributed by atoms with E-state index in [1.807, 2.05) is 20.8 Å². The maximum absolute atomic E-state index is 12.4. The predicted molar refractivity (Wildman–Crippen MR) is 74.4 cm³/mol. The molecular formula is C14H22N4O. The van der Waals surface area contributed by atoms with Crippen LogP contribution in [0.1, 0.15) is 45.2 Å². The van der Waals surface area contributed by atoms with Crippen LogP contribution in [0.15, 0.2) is 6.07 Å². The van der Waals surface area contributed by atoms with Crippen molar-refractivity contribution in [1.29, 1.82) is 5.26 Å². The number of hydrogen-bond donors (Lipinski definition) is 1. The van der Waals surface area contributed by atoms with Crippen molar-refractivity contribution < 1.29 is 4.79 Å². The molecule has 0 aliphatic carbocycles. The maximum Gasteiger partial charge on any atom is 0.245 e. The first-order chi connectivity index (χ1) is 8.99. The number of nitriles is 1. The van der Waals surface area contributed by atoms with Crippen LogP contribution in [0.2, 0.25) is 0 Å². The minimum Gasteiger partial charge on any atom is -0.310 e. The lowest BCUT2D eigenvalue weighted by molar-refractivity contribution is -0.123. The largest absolute Gasteiger partial charge is 0.310 e. The molecule has 0 bridgehead atoms. The van der Waals surface area contributed by atoms with Gasteiger partial charge in [-0.25, -0.2) is 0 Å². The van der Waals surface area contributed by atoms with Crippen LogP contribution in [0.5, 0.6) is 0 Å². The van der Waals surface area contributed by atoms with Gasteiger partial charge >= 0.3 is 0 Å². The molecule has 1 rings (SSSR count). The highest BCUT2D eigenvalue weighted by molar-refractivity contribution is 5.96. The molecule has 1 N–H and O–H groups in total. The van der Waals surface area contributed by atoms with E-state index >= 15 is 0 Å². The fourth-order valence-electron chi connectivity index (χ4n) is 2.33. The minimum atomic E-state index is -0.929. The van der Waals surface area contributed by atoms with Crippen molar-refractivity contribution in [3.63, 3.8) is 0 Å². The van der Waals surface area contributed by atoms with E-state index in [1.54, 1.807) is 17.8 Å². The van der Waals surface area contributed by atoms with Crippen molar-refractivity contribution in [3.05, 3.63) is 11.8 Å². The molecule has 0 radical (unpaired) electrons. The highest BCUT2D eigenvalue weighted by atomic mass is 16.2. The molecule has 0 fully saturated rings. The van der Waals surface area contributed by atoms with Crippen molar-refractivity contribution in [3.8, 4) is 6.07 Å². The zero-order valence-electron chi connectivity index (χ0n) is 12.2. The Bertz CT molecular complexity index is 478. The Labute approximate surface area is 114 Å². The van der Waals surface area contributed by atoms with E-state index < -0.39 is 5.41 Å². The average molecular weight is 262 g/mol. The van der Waals surface area contributed by atoms with Gasteiger partial charge in [-0.15, -0.1) is 0 Å². The van der Waals surface area contributed by atoms with E-state index in [1.165, 1.54) is 0 Å². The zero-order chi connectivity index (χ0) is 14.5. The van der Waals surface area contributed by atoms with Crippen molar-refractivity contribution in [1.82, 2.24) is 9.78 Å². The normalized spacial score (nSPS) is 11.1.